The number of thiocarbonyl (C=S) groups is 1. The number of benzene rings is 1. The maximum atomic E-state index is 13.7. The second-order valence-electron chi connectivity index (χ2n) is 9.61. The van der Waals surface area contributed by atoms with Crippen LogP contribution < -0.4 is 21.8 Å². The molecule has 0 aliphatic carbocycles. The van der Waals surface area contributed by atoms with E-state index in [0.717, 1.165) is 16.2 Å². The number of nitrogen functional groups attached to an aromatic ring is 1. The smallest absolute Gasteiger partial charge is 0.353 e. The van der Waals surface area contributed by atoms with Crippen LogP contribution in [0.25, 0.3) is 11.0 Å². The first-order valence-corrected chi connectivity index (χ1v) is 15.1. The van der Waals surface area contributed by atoms with Gasteiger partial charge in [0.15, 0.2) is 5.01 Å². The second kappa shape index (κ2) is 11.6. The van der Waals surface area contributed by atoms with E-state index in [9.17, 15) is 29.1 Å². The van der Waals surface area contributed by atoms with E-state index in [1.54, 1.807) is 30.3 Å². The molecule has 0 radical (unpaired) electrons. The van der Waals surface area contributed by atoms with Gasteiger partial charge in [0, 0.05) is 29.4 Å². The van der Waals surface area contributed by atoms with Gasteiger partial charge in [-0.2, -0.15) is 0 Å². The van der Waals surface area contributed by atoms with E-state index in [1.165, 1.54) is 35.7 Å². The van der Waals surface area contributed by atoms with Gasteiger partial charge in [-0.05, 0) is 29.8 Å². The first kappa shape index (κ1) is 29.1. The number of nitrogens with zero attached hydrogens (tertiary/aromatic N) is 4. The van der Waals surface area contributed by atoms with Crippen LogP contribution in [0.4, 0.5) is 5.69 Å². The molecule has 2 unspecified atom stereocenters. The molecule has 3 amide bonds. The molecule has 2 aliphatic heterocycles. The molecule has 0 saturated carbocycles. The number of H-pyrrole nitrogens is 1. The first-order chi connectivity index (χ1) is 21.2. The Bertz CT molecular complexity index is 1960. The maximum Gasteiger partial charge on any atom is 0.353 e. The zero-order valence-electron chi connectivity index (χ0n) is 22.2. The quantitative estimate of drug-likeness (QED) is 0.0783. The first-order valence-electron chi connectivity index (χ1n) is 12.8. The lowest BCUT2D eigenvalue weighted by atomic mass is 9.99. The summed E-state index contributed by atoms with van der Waals surface area (Å²) in [5.74, 6) is -3.50. The number of β-lactam (4-membered cyclic amide) rings is 1. The van der Waals surface area contributed by atoms with Gasteiger partial charge in [0.2, 0.25) is 11.3 Å². The summed E-state index contributed by atoms with van der Waals surface area (Å²) in [7, 11) is 0. The van der Waals surface area contributed by atoms with Crippen molar-refractivity contribution in [2.24, 2.45) is 0 Å². The molecule has 5 heterocycles. The molecule has 222 valence electrons. The van der Waals surface area contributed by atoms with Crippen molar-refractivity contribution in [2.45, 2.75) is 17.5 Å². The number of fused-ring (bicyclic) bond motifs is 2. The topological polar surface area (TPSA) is 213 Å². The van der Waals surface area contributed by atoms with Crippen molar-refractivity contribution in [1.82, 2.24) is 35.7 Å². The number of nitrogens with one attached hydrogen (secondary N) is 3. The molecule has 14 nitrogen and oxygen atoms in total. The molecule has 2 aliphatic rings. The van der Waals surface area contributed by atoms with Crippen molar-refractivity contribution < 1.29 is 24.3 Å². The van der Waals surface area contributed by atoms with Crippen LogP contribution in [0.2, 0.25) is 0 Å². The average Bonchev–Trinajstić information content (AvgIpc) is 3.56. The van der Waals surface area contributed by atoms with Crippen molar-refractivity contribution in [3.05, 3.63) is 91.9 Å². The highest BCUT2D eigenvalue weighted by Crippen LogP contribution is 2.41. The number of carbonyl (C=O) groups is 4. The predicted molar refractivity (Wildman–Crippen MR) is 165 cm³/mol. The van der Waals surface area contributed by atoms with E-state index >= 15 is 0 Å². The fraction of sp³-hybridized carbons (Fsp3) is 0.148. The number of rotatable bonds is 8. The lowest BCUT2D eigenvalue weighted by Gasteiger charge is -2.49. The van der Waals surface area contributed by atoms with Crippen LogP contribution in [-0.2, 0) is 14.4 Å². The van der Waals surface area contributed by atoms with Crippen LogP contribution in [0.1, 0.15) is 27.0 Å². The van der Waals surface area contributed by atoms with E-state index in [2.05, 4.69) is 30.8 Å². The monoisotopic (exact) mass is 648 g/mol. The lowest BCUT2D eigenvalue weighted by Crippen LogP contribution is -2.71. The van der Waals surface area contributed by atoms with Crippen molar-refractivity contribution in [3.63, 3.8) is 0 Å². The molecule has 6 rings (SSSR count). The Morgan fingerprint density at radius 2 is 2.02 bits per heavy atom. The van der Waals surface area contributed by atoms with Crippen molar-refractivity contribution in [1.29, 1.82) is 0 Å². The normalized spacial score (nSPS) is 18.3. The third-order valence-corrected chi connectivity index (χ3v) is 9.52. The van der Waals surface area contributed by atoms with Crippen LogP contribution in [0.5, 0.6) is 0 Å². The molecule has 1 fully saturated rings. The van der Waals surface area contributed by atoms with E-state index in [1.807, 2.05) is 0 Å². The summed E-state index contributed by atoms with van der Waals surface area (Å²) in [5.41, 5.74) is 7.54. The molecule has 3 aromatic heterocycles. The van der Waals surface area contributed by atoms with E-state index < -0.39 is 46.6 Å². The standard InChI is InChI=1S/C27H20N8O6S3/c28-12-4-1-3-11(7-12)16(32-22(37)13-8-30-15-5-2-6-29-17(15)20(13)36)23(38)33-18-25(39)35-19(27(40)41)14(9-43-26(18)35)21(42)24-34-31-10-44-24/h1-8,10,16,18,26H,9,28H2,(H,30,36)(H,32,37)(H,33,38)(H,40,41)/t16?,18?,26-/m0/s1. The maximum absolute atomic E-state index is 13.7. The molecule has 4 aromatic rings. The van der Waals surface area contributed by atoms with Gasteiger partial charge in [0.25, 0.3) is 11.8 Å². The minimum absolute atomic E-state index is 0.0480. The van der Waals surface area contributed by atoms with E-state index in [-0.39, 0.29) is 33.0 Å². The highest BCUT2D eigenvalue weighted by molar-refractivity contribution is 8.00. The number of aromatic amines is 1. The largest absolute Gasteiger partial charge is 0.477 e. The number of thioether (sulfide) groups is 1. The Balaban J connectivity index is 1.26. The molecule has 1 aromatic carbocycles. The number of nitrogens with two attached hydrogens (primary N) is 1. The van der Waals surface area contributed by atoms with Crippen molar-refractivity contribution >= 4 is 80.6 Å². The van der Waals surface area contributed by atoms with Crippen molar-refractivity contribution in [2.75, 3.05) is 11.5 Å². The summed E-state index contributed by atoms with van der Waals surface area (Å²) in [6.45, 7) is 0. The van der Waals surface area contributed by atoms with E-state index in [4.69, 9.17) is 18.0 Å². The second-order valence-corrected chi connectivity index (χ2v) is 12.0. The summed E-state index contributed by atoms with van der Waals surface area (Å²) < 4.78 is 0. The number of carboxylic acids is 1. The summed E-state index contributed by atoms with van der Waals surface area (Å²) in [4.78, 5) is 73.7. The number of amides is 3. The fourth-order valence-electron chi connectivity index (χ4n) is 4.89. The van der Waals surface area contributed by atoms with Gasteiger partial charge >= 0.3 is 5.97 Å². The zero-order chi connectivity index (χ0) is 31.1. The van der Waals surface area contributed by atoms with Crippen LogP contribution in [0.3, 0.4) is 0 Å². The molecule has 17 heteroatoms. The van der Waals surface area contributed by atoms with E-state index in [0.29, 0.717) is 21.8 Å². The third kappa shape index (κ3) is 5.10. The number of aliphatic carboxylic acids is 1. The van der Waals surface area contributed by atoms with Gasteiger partial charge in [0.1, 0.15) is 39.7 Å². The number of hydrogen-bond acceptors (Lipinski definition) is 12. The molecular weight excluding hydrogens is 629 g/mol. The molecule has 0 bridgehead atoms. The highest BCUT2D eigenvalue weighted by atomic mass is 32.2. The Hall–Kier alpha value is -5.00. The van der Waals surface area contributed by atoms with Gasteiger partial charge in [-0.25, -0.2) is 4.79 Å². The molecule has 44 heavy (non-hydrogen) atoms. The minimum atomic E-state index is -1.37. The van der Waals surface area contributed by atoms with Gasteiger partial charge in [-0.3, -0.25) is 29.1 Å². The predicted octanol–water partition coefficient (Wildman–Crippen LogP) is 0.985. The Morgan fingerprint density at radius 3 is 2.75 bits per heavy atom. The molecule has 1 saturated heterocycles. The van der Waals surface area contributed by atoms with Crippen LogP contribution in [0, 0.1) is 0 Å². The number of pyridine rings is 2. The van der Waals surface area contributed by atoms with Crippen LogP contribution in [-0.4, -0.2) is 75.9 Å². The van der Waals surface area contributed by atoms with Gasteiger partial charge in [-0.1, -0.05) is 35.7 Å². The van der Waals surface area contributed by atoms with Crippen molar-refractivity contribution in [3.8, 4) is 0 Å². The number of carboxylic acid groups (broad SMARTS) is 1. The molecule has 0 spiro atoms. The van der Waals surface area contributed by atoms with Crippen LogP contribution >= 0.6 is 35.3 Å². The summed E-state index contributed by atoms with van der Waals surface area (Å²) in [5, 5.41) is 22.4. The zero-order valence-corrected chi connectivity index (χ0v) is 24.7. The Labute approximate surface area is 260 Å². The summed E-state index contributed by atoms with van der Waals surface area (Å²) in [6, 6.07) is 7.01. The number of anilines is 1. The Morgan fingerprint density at radius 1 is 1.20 bits per heavy atom. The van der Waals surface area contributed by atoms with Gasteiger partial charge in [0.05, 0.1) is 10.4 Å². The average molecular weight is 649 g/mol. The molecular formula is C27H20N8O6S3. The summed E-state index contributed by atoms with van der Waals surface area (Å²) in [6.07, 6.45) is 2.65. The number of aromatic nitrogens is 4. The SMILES string of the molecule is Nc1cccc(C(NC(=O)c2c[nH]c3cccnc3c2=O)C(=O)NC2C(=O)N3C(C(=O)O)=C(C(=S)c4nncs4)CS[C@@H]23)c1. The summed E-state index contributed by atoms with van der Waals surface area (Å²) >= 11 is 7.82. The van der Waals surface area contributed by atoms with Gasteiger partial charge < -0.3 is 26.5 Å². The minimum Gasteiger partial charge on any atom is -0.477 e. The molecule has 6 N–H and O–H groups in total. The fourth-order valence-corrected chi connectivity index (χ4v) is 7.21. The molecule has 3 atom stereocenters. The van der Waals surface area contributed by atoms with Gasteiger partial charge in [-0.15, -0.1) is 22.0 Å². The highest BCUT2D eigenvalue weighted by Gasteiger charge is 2.55. The lowest BCUT2D eigenvalue weighted by molar-refractivity contribution is -0.150. The third-order valence-electron chi connectivity index (χ3n) is 6.96. The number of hydrogen-bond donors (Lipinski definition) is 5. The number of carbonyl (C=O) groups excluding carboxylic acids is 3. The Kier molecular flexibility index (Phi) is 7.66. The van der Waals surface area contributed by atoms with Crippen LogP contribution in [0.15, 0.2) is 70.4 Å².